The van der Waals surface area contributed by atoms with Gasteiger partial charge in [0.1, 0.15) is 0 Å². The monoisotopic (exact) mass is 282 g/mol. The van der Waals surface area contributed by atoms with Crippen LogP contribution in [0.15, 0.2) is 22.7 Å². The molecular formula is C12H15BrN2O. The molecule has 3 nitrogen and oxygen atoms in total. The van der Waals surface area contributed by atoms with Crippen LogP contribution in [-0.2, 0) is 0 Å². The van der Waals surface area contributed by atoms with Gasteiger partial charge in [-0.1, -0.05) is 12.1 Å². The van der Waals surface area contributed by atoms with Crippen LogP contribution in [0.4, 0.5) is 0 Å². The summed E-state index contributed by atoms with van der Waals surface area (Å²) < 4.78 is 0.887. The molecule has 1 atom stereocenters. The molecule has 1 aromatic carbocycles. The number of carbonyl (C=O) groups excluding carboxylic acids is 1. The van der Waals surface area contributed by atoms with Gasteiger partial charge in [0, 0.05) is 17.1 Å². The number of carbonyl (C=O) groups is 1. The van der Waals surface area contributed by atoms with Crippen molar-refractivity contribution in [3.05, 3.63) is 33.8 Å². The van der Waals surface area contributed by atoms with Crippen LogP contribution in [0.1, 0.15) is 22.3 Å². The minimum Gasteiger partial charge on any atom is -0.348 e. The first-order valence-corrected chi connectivity index (χ1v) is 6.24. The highest BCUT2D eigenvalue weighted by molar-refractivity contribution is 9.10. The minimum atomic E-state index is 0.00396. The molecule has 0 bridgehead atoms. The van der Waals surface area contributed by atoms with Crippen LogP contribution in [-0.4, -0.2) is 25.0 Å². The molecule has 0 spiro atoms. The molecule has 1 saturated heterocycles. The maximum Gasteiger partial charge on any atom is 0.252 e. The van der Waals surface area contributed by atoms with E-state index in [1.807, 2.05) is 25.1 Å². The number of rotatable bonds is 2. The lowest BCUT2D eigenvalue weighted by Crippen LogP contribution is -2.36. The predicted molar refractivity (Wildman–Crippen MR) is 67.6 cm³/mol. The third-order valence-electron chi connectivity index (χ3n) is 2.83. The molecule has 1 fully saturated rings. The molecule has 1 aliphatic rings. The van der Waals surface area contributed by atoms with E-state index in [-0.39, 0.29) is 11.9 Å². The fourth-order valence-corrected chi connectivity index (χ4v) is 2.31. The summed E-state index contributed by atoms with van der Waals surface area (Å²) in [5, 5.41) is 6.26. The zero-order chi connectivity index (χ0) is 11.5. The Morgan fingerprint density at radius 2 is 2.38 bits per heavy atom. The third kappa shape index (κ3) is 2.44. The van der Waals surface area contributed by atoms with Crippen molar-refractivity contribution in [1.82, 2.24) is 10.6 Å². The van der Waals surface area contributed by atoms with Gasteiger partial charge in [-0.05, 0) is 47.4 Å². The lowest BCUT2D eigenvalue weighted by atomic mass is 10.1. The molecule has 0 aromatic heterocycles. The molecule has 1 aromatic rings. The van der Waals surface area contributed by atoms with Gasteiger partial charge in [0.2, 0.25) is 0 Å². The van der Waals surface area contributed by atoms with Crippen molar-refractivity contribution in [2.45, 2.75) is 19.4 Å². The van der Waals surface area contributed by atoms with Gasteiger partial charge in [0.25, 0.3) is 5.91 Å². The van der Waals surface area contributed by atoms with Crippen molar-refractivity contribution in [1.29, 1.82) is 0 Å². The Labute approximate surface area is 104 Å². The molecule has 0 unspecified atom stereocenters. The maximum absolute atomic E-state index is 12.0. The summed E-state index contributed by atoms with van der Waals surface area (Å²) in [5.41, 5.74) is 1.80. The van der Waals surface area contributed by atoms with E-state index in [9.17, 15) is 4.79 Å². The Morgan fingerprint density at radius 1 is 1.56 bits per heavy atom. The van der Waals surface area contributed by atoms with Crippen molar-refractivity contribution >= 4 is 21.8 Å². The van der Waals surface area contributed by atoms with E-state index in [4.69, 9.17) is 0 Å². The van der Waals surface area contributed by atoms with E-state index in [1.54, 1.807) is 0 Å². The lowest BCUT2D eigenvalue weighted by Gasteiger charge is -2.12. The molecule has 2 N–H and O–H groups in total. The van der Waals surface area contributed by atoms with Crippen LogP contribution >= 0.6 is 15.9 Å². The maximum atomic E-state index is 12.0. The van der Waals surface area contributed by atoms with Gasteiger partial charge < -0.3 is 10.6 Å². The smallest absolute Gasteiger partial charge is 0.252 e. The molecule has 4 heteroatoms. The highest BCUT2D eigenvalue weighted by atomic mass is 79.9. The molecule has 0 radical (unpaired) electrons. The predicted octanol–water partition coefficient (Wildman–Crippen LogP) is 1.85. The molecule has 86 valence electrons. The summed E-state index contributed by atoms with van der Waals surface area (Å²) in [6.45, 7) is 3.84. The van der Waals surface area contributed by atoms with Gasteiger partial charge in [-0.3, -0.25) is 4.79 Å². The van der Waals surface area contributed by atoms with Crippen molar-refractivity contribution < 1.29 is 4.79 Å². The van der Waals surface area contributed by atoms with Crippen LogP contribution in [0.3, 0.4) is 0 Å². The Morgan fingerprint density at radius 3 is 3.06 bits per heavy atom. The van der Waals surface area contributed by atoms with Crippen LogP contribution in [0.25, 0.3) is 0 Å². The minimum absolute atomic E-state index is 0.00396. The normalized spacial score (nSPS) is 19.8. The van der Waals surface area contributed by atoms with Gasteiger partial charge in [-0.2, -0.15) is 0 Å². The first-order chi connectivity index (χ1) is 7.68. The van der Waals surface area contributed by atoms with Gasteiger partial charge >= 0.3 is 0 Å². The van der Waals surface area contributed by atoms with Gasteiger partial charge in [0.05, 0.1) is 5.56 Å². The number of benzene rings is 1. The Kier molecular flexibility index (Phi) is 3.61. The summed E-state index contributed by atoms with van der Waals surface area (Å²) in [4.78, 5) is 12.0. The van der Waals surface area contributed by atoms with E-state index >= 15 is 0 Å². The molecule has 0 aliphatic carbocycles. The van der Waals surface area contributed by atoms with E-state index < -0.39 is 0 Å². The quantitative estimate of drug-likeness (QED) is 0.869. The Bertz CT molecular complexity index is 400. The molecule has 1 heterocycles. The average Bonchev–Trinajstić information content (AvgIpc) is 2.74. The van der Waals surface area contributed by atoms with Gasteiger partial charge in [-0.15, -0.1) is 0 Å². The first-order valence-electron chi connectivity index (χ1n) is 5.45. The topological polar surface area (TPSA) is 41.1 Å². The molecule has 1 aliphatic heterocycles. The highest BCUT2D eigenvalue weighted by Crippen LogP contribution is 2.21. The van der Waals surface area contributed by atoms with Gasteiger partial charge in [-0.25, -0.2) is 0 Å². The Balaban J connectivity index is 2.11. The van der Waals surface area contributed by atoms with Crippen LogP contribution in [0, 0.1) is 6.92 Å². The van der Waals surface area contributed by atoms with Crippen molar-refractivity contribution in [3.8, 4) is 0 Å². The van der Waals surface area contributed by atoms with E-state index in [2.05, 4.69) is 26.6 Å². The van der Waals surface area contributed by atoms with Crippen LogP contribution in [0.2, 0.25) is 0 Å². The first kappa shape index (κ1) is 11.6. The van der Waals surface area contributed by atoms with Crippen LogP contribution < -0.4 is 10.6 Å². The van der Waals surface area contributed by atoms with Crippen molar-refractivity contribution in [2.75, 3.05) is 13.1 Å². The molecular weight excluding hydrogens is 268 g/mol. The number of halogens is 1. The summed E-state index contributed by atoms with van der Waals surface area (Å²) in [6.07, 6.45) is 1.01. The largest absolute Gasteiger partial charge is 0.348 e. The second kappa shape index (κ2) is 4.97. The van der Waals surface area contributed by atoms with E-state index in [1.165, 1.54) is 0 Å². The fourth-order valence-electron chi connectivity index (χ4n) is 1.86. The zero-order valence-corrected chi connectivity index (χ0v) is 10.8. The number of amides is 1. The molecule has 2 rings (SSSR count). The number of nitrogens with one attached hydrogen (secondary N) is 2. The number of hydrogen-bond donors (Lipinski definition) is 2. The summed E-state index contributed by atoms with van der Waals surface area (Å²) in [7, 11) is 0. The SMILES string of the molecule is Cc1cccc(C(=O)N[C@H]2CCNC2)c1Br. The van der Waals surface area contributed by atoms with Crippen LogP contribution in [0.5, 0.6) is 0 Å². The zero-order valence-electron chi connectivity index (χ0n) is 9.22. The molecule has 16 heavy (non-hydrogen) atoms. The van der Waals surface area contributed by atoms with E-state index in [0.29, 0.717) is 5.56 Å². The molecule has 0 saturated carbocycles. The molecule has 1 amide bonds. The Hall–Kier alpha value is -0.870. The lowest BCUT2D eigenvalue weighted by molar-refractivity contribution is 0.0939. The number of hydrogen-bond acceptors (Lipinski definition) is 2. The van der Waals surface area contributed by atoms with Gasteiger partial charge in [0.15, 0.2) is 0 Å². The third-order valence-corrected chi connectivity index (χ3v) is 3.88. The van der Waals surface area contributed by atoms with Crippen molar-refractivity contribution in [3.63, 3.8) is 0 Å². The van der Waals surface area contributed by atoms with Crippen molar-refractivity contribution in [2.24, 2.45) is 0 Å². The second-order valence-electron chi connectivity index (χ2n) is 4.10. The highest BCUT2D eigenvalue weighted by Gasteiger charge is 2.19. The summed E-state index contributed by atoms with van der Waals surface area (Å²) in [5.74, 6) is 0.00396. The average molecular weight is 283 g/mol. The van der Waals surface area contributed by atoms with E-state index in [0.717, 1.165) is 29.5 Å². The summed E-state index contributed by atoms with van der Waals surface area (Å²) >= 11 is 3.45. The standard InChI is InChI=1S/C12H15BrN2O/c1-8-3-2-4-10(11(8)13)12(16)15-9-5-6-14-7-9/h2-4,9,14H,5-7H2,1H3,(H,15,16)/t9-/m0/s1. The second-order valence-corrected chi connectivity index (χ2v) is 4.89. The summed E-state index contributed by atoms with van der Waals surface area (Å²) in [6, 6.07) is 5.99. The fraction of sp³-hybridized carbons (Fsp3) is 0.417. The number of aryl methyl sites for hydroxylation is 1.